The number of carbonyl (C=O) groups excluding carboxylic acids is 1. The minimum Gasteiger partial charge on any atom is -0.271 e. The van der Waals surface area contributed by atoms with Gasteiger partial charge < -0.3 is 0 Å². The van der Waals surface area contributed by atoms with Gasteiger partial charge in [0.25, 0.3) is 5.91 Å². The number of thiocarbonyl (C=S) groups is 1. The first-order valence-corrected chi connectivity index (χ1v) is 9.22. The van der Waals surface area contributed by atoms with Crippen LogP contribution in [0.5, 0.6) is 0 Å². The van der Waals surface area contributed by atoms with Crippen molar-refractivity contribution in [2.24, 2.45) is 4.99 Å². The van der Waals surface area contributed by atoms with Gasteiger partial charge in [0.1, 0.15) is 22.2 Å². The van der Waals surface area contributed by atoms with Crippen LogP contribution in [-0.2, 0) is 0 Å². The molecule has 1 heterocycles. The molecule has 1 fully saturated rings. The average Bonchev–Trinajstić information content (AvgIpc) is 3.21. The van der Waals surface area contributed by atoms with E-state index in [2.05, 4.69) is 0 Å². The highest BCUT2D eigenvalue weighted by Crippen LogP contribution is 2.42. The summed E-state index contributed by atoms with van der Waals surface area (Å²) in [4.78, 5) is 20.3. The van der Waals surface area contributed by atoms with Crippen LogP contribution in [0.3, 0.4) is 0 Å². The summed E-state index contributed by atoms with van der Waals surface area (Å²) in [5, 5.41) is 0. The van der Waals surface area contributed by atoms with Crippen LogP contribution >= 0.6 is 12.2 Å². The third kappa shape index (κ3) is 2.76. The first-order valence-electron chi connectivity index (χ1n) is 8.82. The van der Waals surface area contributed by atoms with Crippen LogP contribution in [0.2, 0.25) is 0 Å². The van der Waals surface area contributed by atoms with Crippen molar-refractivity contribution in [3.63, 3.8) is 0 Å². The number of benzene rings is 2. The molecule has 0 atom stereocenters. The Morgan fingerprint density at radius 2 is 1.69 bits per heavy atom. The van der Waals surface area contributed by atoms with E-state index in [1.165, 1.54) is 12.1 Å². The number of rotatable bonds is 2. The van der Waals surface area contributed by atoms with Crippen molar-refractivity contribution in [2.75, 3.05) is 0 Å². The van der Waals surface area contributed by atoms with E-state index in [1.807, 2.05) is 31.2 Å². The first-order chi connectivity index (χ1) is 12.5. The number of hydrogen-bond acceptors (Lipinski definition) is 3. The van der Waals surface area contributed by atoms with Crippen LogP contribution in [0.1, 0.15) is 47.2 Å². The van der Waals surface area contributed by atoms with E-state index in [0.717, 1.165) is 36.8 Å². The summed E-state index contributed by atoms with van der Waals surface area (Å²) >= 11 is 5.67. The summed E-state index contributed by atoms with van der Waals surface area (Å²) in [7, 11) is 0. The number of nitrogens with zero attached hydrogens (tertiary/aromatic N) is 2. The van der Waals surface area contributed by atoms with Crippen LogP contribution < -0.4 is 0 Å². The second kappa shape index (κ2) is 6.40. The minimum atomic E-state index is -0.594. The van der Waals surface area contributed by atoms with Crippen molar-refractivity contribution in [2.45, 2.75) is 38.3 Å². The molecule has 0 aromatic heterocycles. The Labute approximate surface area is 157 Å². The van der Waals surface area contributed by atoms with Gasteiger partial charge in [0.15, 0.2) is 0 Å². The van der Waals surface area contributed by atoms with E-state index in [9.17, 15) is 9.18 Å². The highest BCUT2D eigenvalue weighted by Gasteiger charge is 2.50. The first kappa shape index (κ1) is 17.0. The fraction of sp³-hybridized carbons (Fsp3) is 0.286. The number of amides is 1. The summed E-state index contributed by atoms with van der Waals surface area (Å²) in [5.41, 5.74) is 2.48. The zero-order valence-electron chi connectivity index (χ0n) is 14.5. The van der Waals surface area contributed by atoms with Gasteiger partial charge in [-0.1, -0.05) is 29.9 Å². The maximum atomic E-state index is 13.3. The SMILES string of the molecule is Cc1ccc(C(=O)N2C(=S)C(c3ccc(F)cc3)=NC23CCCC3)cc1. The lowest BCUT2D eigenvalue weighted by Crippen LogP contribution is -2.48. The summed E-state index contributed by atoms with van der Waals surface area (Å²) in [6, 6.07) is 13.6. The Morgan fingerprint density at radius 1 is 1.08 bits per heavy atom. The topological polar surface area (TPSA) is 32.7 Å². The molecule has 26 heavy (non-hydrogen) atoms. The predicted molar refractivity (Wildman–Crippen MR) is 104 cm³/mol. The fourth-order valence-corrected chi connectivity index (χ4v) is 4.20. The van der Waals surface area contributed by atoms with Crippen molar-refractivity contribution >= 4 is 28.8 Å². The average molecular weight is 366 g/mol. The molecule has 2 aromatic rings. The molecular formula is C21H19FN2OS. The zero-order valence-corrected chi connectivity index (χ0v) is 15.4. The second-order valence-corrected chi connectivity index (χ2v) is 7.36. The molecule has 0 bridgehead atoms. The third-order valence-electron chi connectivity index (χ3n) is 5.17. The highest BCUT2D eigenvalue weighted by atomic mass is 32.1. The Morgan fingerprint density at radius 3 is 2.31 bits per heavy atom. The number of aliphatic imine (C=N–C) groups is 1. The normalized spacial score (nSPS) is 18.5. The molecular weight excluding hydrogens is 347 g/mol. The quantitative estimate of drug-likeness (QED) is 0.723. The maximum Gasteiger partial charge on any atom is 0.260 e. The lowest BCUT2D eigenvalue weighted by molar-refractivity contribution is 0.0724. The molecule has 0 saturated heterocycles. The standard InChI is InChI=1S/C21H19FN2OS/c1-14-4-6-16(7-5-14)19(25)24-20(26)18(15-8-10-17(22)11-9-15)23-21(24)12-2-3-13-21/h4-11H,2-3,12-13H2,1H3. The van der Waals surface area contributed by atoms with Gasteiger partial charge in [-0.05, 0) is 69.0 Å². The van der Waals surface area contributed by atoms with Gasteiger partial charge in [-0.15, -0.1) is 0 Å². The molecule has 3 nitrogen and oxygen atoms in total. The van der Waals surface area contributed by atoms with E-state index in [1.54, 1.807) is 17.0 Å². The van der Waals surface area contributed by atoms with Crippen molar-refractivity contribution in [3.05, 3.63) is 71.0 Å². The third-order valence-corrected chi connectivity index (χ3v) is 5.54. The molecule has 2 aliphatic rings. The Bertz CT molecular complexity index is 897. The van der Waals surface area contributed by atoms with E-state index < -0.39 is 5.66 Å². The fourth-order valence-electron chi connectivity index (χ4n) is 3.78. The van der Waals surface area contributed by atoms with Gasteiger partial charge in [-0.25, -0.2) is 4.39 Å². The van der Waals surface area contributed by atoms with Gasteiger partial charge in [0.2, 0.25) is 0 Å². The highest BCUT2D eigenvalue weighted by molar-refractivity contribution is 7.82. The van der Waals surface area contributed by atoms with E-state index in [-0.39, 0.29) is 11.7 Å². The van der Waals surface area contributed by atoms with Gasteiger partial charge in [0.05, 0.1) is 0 Å². The molecule has 132 valence electrons. The van der Waals surface area contributed by atoms with E-state index in [4.69, 9.17) is 17.2 Å². The molecule has 2 aromatic carbocycles. The van der Waals surface area contributed by atoms with Gasteiger partial charge in [0, 0.05) is 11.1 Å². The molecule has 0 N–H and O–H groups in total. The molecule has 4 rings (SSSR count). The number of aryl methyl sites for hydroxylation is 1. The number of hydrogen-bond donors (Lipinski definition) is 0. The molecule has 1 saturated carbocycles. The zero-order chi connectivity index (χ0) is 18.3. The smallest absolute Gasteiger partial charge is 0.260 e. The second-order valence-electron chi connectivity index (χ2n) is 6.97. The van der Waals surface area contributed by atoms with Crippen LogP contribution in [0.15, 0.2) is 53.5 Å². The minimum absolute atomic E-state index is 0.113. The maximum absolute atomic E-state index is 13.3. The molecule has 1 aliphatic carbocycles. The monoisotopic (exact) mass is 366 g/mol. The Kier molecular flexibility index (Phi) is 4.19. The Hall–Kier alpha value is -2.40. The van der Waals surface area contributed by atoms with Crippen LogP contribution in [0, 0.1) is 12.7 Å². The van der Waals surface area contributed by atoms with E-state index >= 15 is 0 Å². The van der Waals surface area contributed by atoms with Gasteiger partial charge >= 0.3 is 0 Å². The lowest BCUT2D eigenvalue weighted by Gasteiger charge is -2.32. The van der Waals surface area contributed by atoms with Crippen LogP contribution in [0.4, 0.5) is 4.39 Å². The van der Waals surface area contributed by atoms with Gasteiger partial charge in [-0.2, -0.15) is 0 Å². The molecule has 1 spiro atoms. The predicted octanol–water partition coefficient (Wildman–Crippen LogP) is 4.68. The summed E-state index contributed by atoms with van der Waals surface area (Å²) in [6.07, 6.45) is 3.63. The summed E-state index contributed by atoms with van der Waals surface area (Å²) < 4.78 is 13.3. The van der Waals surface area contributed by atoms with E-state index in [0.29, 0.717) is 16.3 Å². The van der Waals surface area contributed by atoms with Crippen LogP contribution in [-0.4, -0.2) is 27.2 Å². The molecule has 1 aliphatic heterocycles. The van der Waals surface area contributed by atoms with Crippen LogP contribution in [0.25, 0.3) is 0 Å². The lowest BCUT2D eigenvalue weighted by atomic mass is 10.1. The van der Waals surface area contributed by atoms with Crippen molar-refractivity contribution in [1.29, 1.82) is 0 Å². The largest absolute Gasteiger partial charge is 0.271 e. The summed E-state index contributed by atoms with van der Waals surface area (Å²) in [5.74, 6) is -0.417. The number of carbonyl (C=O) groups is 1. The van der Waals surface area contributed by atoms with Crippen molar-refractivity contribution in [1.82, 2.24) is 4.90 Å². The molecule has 0 unspecified atom stereocenters. The molecule has 0 radical (unpaired) electrons. The summed E-state index contributed by atoms with van der Waals surface area (Å²) in [6.45, 7) is 1.99. The molecule has 1 amide bonds. The Balaban J connectivity index is 1.75. The van der Waals surface area contributed by atoms with Crippen molar-refractivity contribution in [3.8, 4) is 0 Å². The van der Waals surface area contributed by atoms with Crippen molar-refractivity contribution < 1.29 is 9.18 Å². The van der Waals surface area contributed by atoms with Gasteiger partial charge in [-0.3, -0.25) is 14.7 Å². The number of halogens is 1. The molecule has 5 heteroatoms.